The zero-order valence-corrected chi connectivity index (χ0v) is 9.24. The van der Waals surface area contributed by atoms with Gasteiger partial charge in [0.15, 0.2) is 0 Å². The van der Waals surface area contributed by atoms with Gasteiger partial charge in [-0.1, -0.05) is 12.8 Å². The molecule has 1 saturated heterocycles. The lowest BCUT2D eigenvalue weighted by Crippen LogP contribution is -2.44. The molecule has 1 N–H and O–H groups in total. The SMILES string of the molecule is Cc1nnc(C2CCCC2)n1C1CNC1. The number of aromatic nitrogens is 3. The molecular formula is C11H18N4. The molecule has 0 aromatic carbocycles. The van der Waals surface area contributed by atoms with Crippen LogP contribution < -0.4 is 5.32 Å². The Morgan fingerprint density at radius 3 is 2.53 bits per heavy atom. The Hall–Kier alpha value is -0.900. The standard InChI is InChI=1S/C11H18N4/c1-8-13-14-11(9-4-2-3-5-9)15(8)10-6-12-7-10/h9-10,12H,2-7H2,1H3. The van der Waals surface area contributed by atoms with Crippen LogP contribution in [0.5, 0.6) is 0 Å². The highest BCUT2D eigenvalue weighted by Gasteiger charge is 2.29. The first-order chi connectivity index (χ1) is 7.36. The maximum Gasteiger partial charge on any atom is 0.136 e. The van der Waals surface area contributed by atoms with Gasteiger partial charge in [0.05, 0.1) is 6.04 Å². The summed E-state index contributed by atoms with van der Waals surface area (Å²) >= 11 is 0. The average molecular weight is 206 g/mol. The Bertz CT molecular complexity index is 347. The summed E-state index contributed by atoms with van der Waals surface area (Å²) in [6.45, 7) is 4.24. The minimum Gasteiger partial charge on any atom is -0.313 e. The molecule has 1 saturated carbocycles. The second kappa shape index (κ2) is 3.59. The fraction of sp³-hybridized carbons (Fsp3) is 0.818. The van der Waals surface area contributed by atoms with Gasteiger partial charge in [-0.05, 0) is 19.8 Å². The van der Waals surface area contributed by atoms with Crippen molar-refractivity contribution in [1.82, 2.24) is 20.1 Å². The van der Waals surface area contributed by atoms with Gasteiger partial charge in [-0.3, -0.25) is 0 Å². The molecule has 4 nitrogen and oxygen atoms in total. The van der Waals surface area contributed by atoms with Gasteiger partial charge < -0.3 is 9.88 Å². The molecule has 2 heterocycles. The molecule has 1 aromatic heterocycles. The van der Waals surface area contributed by atoms with Crippen LogP contribution >= 0.6 is 0 Å². The second-order valence-corrected chi connectivity index (χ2v) is 4.77. The lowest BCUT2D eigenvalue weighted by atomic mass is 10.1. The Morgan fingerprint density at radius 1 is 1.20 bits per heavy atom. The van der Waals surface area contributed by atoms with Gasteiger partial charge in [0, 0.05) is 19.0 Å². The van der Waals surface area contributed by atoms with Crippen LogP contribution in [-0.4, -0.2) is 27.9 Å². The van der Waals surface area contributed by atoms with E-state index >= 15 is 0 Å². The first-order valence-electron chi connectivity index (χ1n) is 5.98. The Balaban J connectivity index is 1.92. The van der Waals surface area contributed by atoms with Crippen LogP contribution in [0.25, 0.3) is 0 Å². The molecule has 0 bridgehead atoms. The average Bonchev–Trinajstić information content (AvgIpc) is 2.74. The zero-order valence-electron chi connectivity index (χ0n) is 9.24. The van der Waals surface area contributed by atoms with E-state index in [9.17, 15) is 0 Å². The summed E-state index contributed by atoms with van der Waals surface area (Å²) in [6.07, 6.45) is 5.33. The molecular weight excluding hydrogens is 188 g/mol. The quantitative estimate of drug-likeness (QED) is 0.795. The van der Waals surface area contributed by atoms with E-state index < -0.39 is 0 Å². The minimum atomic E-state index is 0.607. The van der Waals surface area contributed by atoms with Crippen molar-refractivity contribution in [2.75, 3.05) is 13.1 Å². The molecule has 1 aliphatic heterocycles. The molecule has 0 atom stereocenters. The molecule has 4 heteroatoms. The smallest absolute Gasteiger partial charge is 0.136 e. The third-order valence-corrected chi connectivity index (χ3v) is 3.74. The molecule has 15 heavy (non-hydrogen) atoms. The van der Waals surface area contributed by atoms with E-state index in [1.807, 2.05) is 0 Å². The predicted octanol–water partition coefficient (Wildman–Crippen LogP) is 1.39. The van der Waals surface area contributed by atoms with Crippen LogP contribution in [-0.2, 0) is 0 Å². The molecule has 0 radical (unpaired) electrons. The van der Waals surface area contributed by atoms with Crippen molar-refractivity contribution in [3.63, 3.8) is 0 Å². The van der Waals surface area contributed by atoms with Crippen LogP contribution in [0.4, 0.5) is 0 Å². The summed E-state index contributed by atoms with van der Waals surface area (Å²) in [5.41, 5.74) is 0. The van der Waals surface area contributed by atoms with Gasteiger partial charge >= 0.3 is 0 Å². The van der Waals surface area contributed by atoms with Crippen molar-refractivity contribution < 1.29 is 0 Å². The van der Waals surface area contributed by atoms with Crippen LogP contribution in [0.15, 0.2) is 0 Å². The van der Waals surface area contributed by atoms with Crippen molar-refractivity contribution >= 4 is 0 Å². The maximum atomic E-state index is 4.39. The van der Waals surface area contributed by atoms with Crippen LogP contribution in [0.2, 0.25) is 0 Å². The maximum absolute atomic E-state index is 4.39. The molecule has 0 amide bonds. The van der Waals surface area contributed by atoms with Gasteiger partial charge in [0.1, 0.15) is 11.6 Å². The monoisotopic (exact) mass is 206 g/mol. The zero-order chi connectivity index (χ0) is 10.3. The fourth-order valence-corrected chi connectivity index (χ4v) is 2.76. The summed E-state index contributed by atoms with van der Waals surface area (Å²) in [5.74, 6) is 3.01. The van der Waals surface area contributed by atoms with Crippen molar-refractivity contribution in [2.45, 2.75) is 44.6 Å². The Kier molecular flexibility index (Phi) is 2.24. The van der Waals surface area contributed by atoms with E-state index in [1.165, 1.54) is 31.5 Å². The number of aryl methyl sites for hydroxylation is 1. The Labute approximate surface area is 90.1 Å². The number of hydrogen-bond donors (Lipinski definition) is 1. The summed E-state index contributed by atoms with van der Waals surface area (Å²) in [6, 6.07) is 0.607. The van der Waals surface area contributed by atoms with Gasteiger partial charge in [-0.15, -0.1) is 10.2 Å². The molecule has 0 unspecified atom stereocenters. The number of nitrogens with zero attached hydrogens (tertiary/aromatic N) is 3. The van der Waals surface area contributed by atoms with Crippen molar-refractivity contribution in [2.24, 2.45) is 0 Å². The highest BCUT2D eigenvalue weighted by atomic mass is 15.3. The Morgan fingerprint density at radius 2 is 1.93 bits per heavy atom. The van der Waals surface area contributed by atoms with E-state index in [4.69, 9.17) is 0 Å². The van der Waals surface area contributed by atoms with Gasteiger partial charge in [0.25, 0.3) is 0 Å². The number of nitrogens with one attached hydrogen (secondary N) is 1. The first kappa shape index (κ1) is 9.33. The lowest BCUT2D eigenvalue weighted by molar-refractivity contribution is 0.325. The van der Waals surface area contributed by atoms with Gasteiger partial charge in [-0.25, -0.2) is 0 Å². The molecule has 1 aliphatic carbocycles. The van der Waals surface area contributed by atoms with Crippen molar-refractivity contribution in [3.8, 4) is 0 Å². The lowest BCUT2D eigenvalue weighted by Gasteiger charge is -2.31. The normalized spacial score (nSPS) is 23.3. The van der Waals surface area contributed by atoms with Gasteiger partial charge in [0.2, 0.25) is 0 Å². The predicted molar refractivity (Wildman–Crippen MR) is 57.9 cm³/mol. The third kappa shape index (κ3) is 1.47. The van der Waals surface area contributed by atoms with E-state index in [2.05, 4.69) is 27.0 Å². The van der Waals surface area contributed by atoms with Crippen LogP contribution in [0, 0.1) is 6.92 Å². The molecule has 82 valence electrons. The second-order valence-electron chi connectivity index (χ2n) is 4.77. The molecule has 2 aliphatic rings. The van der Waals surface area contributed by atoms with E-state index in [1.54, 1.807) is 0 Å². The van der Waals surface area contributed by atoms with Gasteiger partial charge in [-0.2, -0.15) is 0 Å². The topological polar surface area (TPSA) is 42.7 Å². The summed E-state index contributed by atoms with van der Waals surface area (Å²) in [7, 11) is 0. The van der Waals surface area contributed by atoms with E-state index in [-0.39, 0.29) is 0 Å². The van der Waals surface area contributed by atoms with E-state index in [0.29, 0.717) is 12.0 Å². The fourth-order valence-electron chi connectivity index (χ4n) is 2.76. The largest absolute Gasteiger partial charge is 0.313 e. The molecule has 3 rings (SSSR count). The minimum absolute atomic E-state index is 0.607. The van der Waals surface area contributed by atoms with E-state index in [0.717, 1.165) is 18.9 Å². The third-order valence-electron chi connectivity index (χ3n) is 3.74. The molecule has 2 fully saturated rings. The molecule has 0 spiro atoms. The van der Waals surface area contributed by atoms with Crippen LogP contribution in [0.3, 0.4) is 0 Å². The number of hydrogen-bond acceptors (Lipinski definition) is 3. The highest BCUT2D eigenvalue weighted by molar-refractivity contribution is 5.07. The molecule has 1 aromatic rings. The number of rotatable bonds is 2. The first-order valence-corrected chi connectivity index (χ1v) is 5.98. The van der Waals surface area contributed by atoms with Crippen LogP contribution in [0.1, 0.15) is 49.3 Å². The summed E-state index contributed by atoms with van der Waals surface area (Å²) in [4.78, 5) is 0. The summed E-state index contributed by atoms with van der Waals surface area (Å²) < 4.78 is 2.37. The highest BCUT2D eigenvalue weighted by Crippen LogP contribution is 2.34. The van der Waals surface area contributed by atoms with Crippen molar-refractivity contribution in [3.05, 3.63) is 11.6 Å². The van der Waals surface area contributed by atoms with Crippen molar-refractivity contribution in [1.29, 1.82) is 0 Å². The summed E-state index contributed by atoms with van der Waals surface area (Å²) in [5, 5.41) is 12.0.